The van der Waals surface area contributed by atoms with Crippen LogP contribution in [-0.2, 0) is 14.3 Å². The summed E-state index contributed by atoms with van der Waals surface area (Å²) in [7, 11) is 0. The zero-order valence-electron chi connectivity index (χ0n) is 22.0. The van der Waals surface area contributed by atoms with Crippen LogP contribution in [0.15, 0.2) is 0 Å². The first-order valence-electron chi connectivity index (χ1n) is 13.2. The van der Waals surface area contributed by atoms with Crippen molar-refractivity contribution in [2.24, 2.45) is 11.8 Å². The summed E-state index contributed by atoms with van der Waals surface area (Å²) in [5.74, 6) is 0.762. The third kappa shape index (κ3) is 10.2. The number of piperidine rings is 2. The first kappa shape index (κ1) is 27.9. The standard InChI is InChI=1S/C26H49N3O4/c1-7-32-24(30)23-13-18-29(19-14-23)21(3)9-8-20(2)28-16-11-22(12-17-28)10-15-27-25(31)33-26(4,5)6/h20-23H,7-19H2,1-6H3,(H,27,31). The third-order valence-electron chi connectivity index (χ3n) is 7.27. The molecule has 2 rings (SSSR count). The number of esters is 1. The lowest BCUT2D eigenvalue weighted by atomic mass is 9.92. The number of carbonyl (C=O) groups excluding carboxylic acids is 2. The molecule has 2 aliphatic rings. The molecule has 0 spiro atoms. The molecular weight excluding hydrogens is 418 g/mol. The fourth-order valence-corrected chi connectivity index (χ4v) is 5.06. The van der Waals surface area contributed by atoms with Gasteiger partial charge in [0.15, 0.2) is 0 Å². The van der Waals surface area contributed by atoms with Crippen LogP contribution in [0.3, 0.4) is 0 Å². The minimum absolute atomic E-state index is 0.0116. The molecule has 0 aromatic carbocycles. The van der Waals surface area contributed by atoms with Crippen molar-refractivity contribution in [2.75, 3.05) is 39.3 Å². The normalized spacial score (nSPS) is 21.4. The smallest absolute Gasteiger partial charge is 0.407 e. The van der Waals surface area contributed by atoms with E-state index in [1.165, 1.54) is 25.7 Å². The van der Waals surface area contributed by atoms with Crippen LogP contribution in [0.1, 0.15) is 86.5 Å². The van der Waals surface area contributed by atoms with Gasteiger partial charge < -0.3 is 24.6 Å². The Kier molecular flexibility index (Phi) is 11.4. The van der Waals surface area contributed by atoms with Gasteiger partial charge in [-0.05, 0) is 119 Å². The molecule has 0 aromatic rings. The molecule has 2 fully saturated rings. The highest BCUT2D eigenvalue weighted by Crippen LogP contribution is 2.25. The van der Waals surface area contributed by atoms with Crippen LogP contribution in [0.2, 0.25) is 0 Å². The second-order valence-electron chi connectivity index (χ2n) is 11.0. The first-order chi connectivity index (χ1) is 15.6. The van der Waals surface area contributed by atoms with Crippen LogP contribution >= 0.6 is 0 Å². The van der Waals surface area contributed by atoms with Crippen molar-refractivity contribution in [1.29, 1.82) is 0 Å². The van der Waals surface area contributed by atoms with Gasteiger partial charge in [0.25, 0.3) is 0 Å². The fraction of sp³-hybridized carbons (Fsp3) is 0.923. The first-order valence-corrected chi connectivity index (χ1v) is 13.2. The Morgan fingerprint density at radius 2 is 1.45 bits per heavy atom. The Morgan fingerprint density at radius 3 is 1.94 bits per heavy atom. The van der Waals surface area contributed by atoms with Gasteiger partial charge in [-0.25, -0.2) is 4.79 Å². The molecule has 0 aliphatic carbocycles. The van der Waals surface area contributed by atoms with Gasteiger partial charge in [-0.1, -0.05) is 0 Å². The minimum atomic E-state index is -0.442. The highest BCUT2D eigenvalue weighted by Gasteiger charge is 2.29. The average molecular weight is 468 g/mol. The SMILES string of the molecule is CCOC(=O)C1CCN(C(C)CCC(C)N2CCC(CCNC(=O)OC(C)(C)C)CC2)CC1. The molecule has 1 amide bonds. The molecule has 192 valence electrons. The zero-order chi connectivity index (χ0) is 24.4. The average Bonchev–Trinajstić information content (AvgIpc) is 2.76. The minimum Gasteiger partial charge on any atom is -0.466 e. The van der Waals surface area contributed by atoms with Gasteiger partial charge >= 0.3 is 12.1 Å². The van der Waals surface area contributed by atoms with Crippen LogP contribution in [0, 0.1) is 11.8 Å². The number of likely N-dealkylation sites (tertiary alicyclic amines) is 2. The highest BCUT2D eigenvalue weighted by molar-refractivity contribution is 5.72. The molecule has 2 unspecified atom stereocenters. The zero-order valence-corrected chi connectivity index (χ0v) is 22.0. The summed E-state index contributed by atoms with van der Waals surface area (Å²) in [4.78, 5) is 28.9. The van der Waals surface area contributed by atoms with E-state index < -0.39 is 5.60 Å². The maximum Gasteiger partial charge on any atom is 0.407 e. The van der Waals surface area contributed by atoms with Crippen molar-refractivity contribution >= 4 is 12.1 Å². The number of nitrogens with one attached hydrogen (secondary N) is 1. The number of hydrogen-bond acceptors (Lipinski definition) is 6. The van der Waals surface area contributed by atoms with Gasteiger partial charge in [0.2, 0.25) is 0 Å². The van der Waals surface area contributed by atoms with E-state index in [1.807, 2.05) is 27.7 Å². The van der Waals surface area contributed by atoms with Crippen molar-refractivity contribution in [3.63, 3.8) is 0 Å². The molecule has 2 atom stereocenters. The predicted molar refractivity (Wildman–Crippen MR) is 132 cm³/mol. The molecule has 0 bridgehead atoms. The summed E-state index contributed by atoms with van der Waals surface area (Å²) in [5, 5.41) is 2.89. The van der Waals surface area contributed by atoms with E-state index in [9.17, 15) is 9.59 Å². The maximum atomic E-state index is 12.0. The Labute approximate surface area is 201 Å². The van der Waals surface area contributed by atoms with Crippen molar-refractivity contribution < 1.29 is 19.1 Å². The summed E-state index contributed by atoms with van der Waals surface area (Å²) in [6, 6.07) is 1.16. The number of hydrogen-bond donors (Lipinski definition) is 1. The molecule has 7 nitrogen and oxygen atoms in total. The van der Waals surface area contributed by atoms with E-state index in [-0.39, 0.29) is 18.0 Å². The highest BCUT2D eigenvalue weighted by atomic mass is 16.6. The van der Waals surface area contributed by atoms with E-state index in [1.54, 1.807) is 0 Å². The van der Waals surface area contributed by atoms with Crippen LogP contribution in [0.25, 0.3) is 0 Å². The van der Waals surface area contributed by atoms with Crippen molar-refractivity contribution in [2.45, 2.75) is 104 Å². The Balaban J connectivity index is 1.59. The monoisotopic (exact) mass is 467 g/mol. The number of ether oxygens (including phenoxy) is 2. The molecule has 1 N–H and O–H groups in total. The summed E-state index contributed by atoms with van der Waals surface area (Å²) < 4.78 is 10.5. The lowest BCUT2D eigenvalue weighted by molar-refractivity contribution is -0.149. The molecular formula is C26H49N3O4. The van der Waals surface area contributed by atoms with Gasteiger partial charge in [-0.2, -0.15) is 0 Å². The Morgan fingerprint density at radius 1 is 0.939 bits per heavy atom. The molecule has 2 aliphatic heterocycles. The molecule has 33 heavy (non-hydrogen) atoms. The molecule has 0 saturated carbocycles. The quantitative estimate of drug-likeness (QED) is 0.479. The van der Waals surface area contributed by atoms with Crippen LogP contribution in [0.5, 0.6) is 0 Å². The summed E-state index contributed by atoms with van der Waals surface area (Å²) >= 11 is 0. The van der Waals surface area contributed by atoms with Crippen molar-refractivity contribution in [3.05, 3.63) is 0 Å². The molecule has 0 aromatic heterocycles. The van der Waals surface area contributed by atoms with Crippen LogP contribution in [0.4, 0.5) is 4.79 Å². The molecule has 2 heterocycles. The topological polar surface area (TPSA) is 71.1 Å². The largest absolute Gasteiger partial charge is 0.466 e. The summed E-state index contributed by atoms with van der Waals surface area (Å²) in [6.07, 6.45) is 7.39. The van der Waals surface area contributed by atoms with Gasteiger partial charge in [-0.15, -0.1) is 0 Å². The number of carbonyl (C=O) groups is 2. The maximum absolute atomic E-state index is 12.0. The third-order valence-corrected chi connectivity index (χ3v) is 7.27. The number of amides is 1. The van der Waals surface area contributed by atoms with Gasteiger partial charge in [-0.3, -0.25) is 4.79 Å². The van der Waals surface area contributed by atoms with Crippen molar-refractivity contribution in [3.8, 4) is 0 Å². The lowest BCUT2D eigenvalue weighted by Gasteiger charge is -2.38. The van der Waals surface area contributed by atoms with Crippen LogP contribution in [-0.4, -0.2) is 78.9 Å². The van der Waals surface area contributed by atoms with E-state index in [4.69, 9.17) is 9.47 Å². The van der Waals surface area contributed by atoms with Gasteiger partial charge in [0.1, 0.15) is 5.60 Å². The number of nitrogens with zero attached hydrogens (tertiary/aromatic N) is 2. The van der Waals surface area contributed by atoms with Gasteiger partial charge in [0, 0.05) is 18.6 Å². The summed E-state index contributed by atoms with van der Waals surface area (Å²) in [5.41, 5.74) is -0.442. The Hall–Kier alpha value is -1.34. The molecule has 7 heteroatoms. The van der Waals surface area contributed by atoms with Crippen molar-refractivity contribution in [1.82, 2.24) is 15.1 Å². The van der Waals surface area contributed by atoms with Gasteiger partial charge in [0.05, 0.1) is 12.5 Å². The second kappa shape index (κ2) is 13.5. The second-order valence-corrected chi connectivity index (χ2v) is 11.0. The van der Waals surface area contributed by atoms with Crippen LogP contribution < -0.4 is 5.32 Å². The van der Waals surface area contributed by atoms with E-state index in [2.05, 4.69) is 29.0 Å². The lowest BCUT2D eigenvalue weighted by Crippen LogP contribution is -2.44. The summed E-state index contributed by atoms with van der Waals surface area (Å²) in [6.45, 7) is 17.7. The van der Waals surface area contributed by atoms with E-state index in [0.717, 1.165) is 45.4 Å². The molecule has 0 radical (unpaired) electrons. The predicted octanol–water partition coefficient (Wildman–Crippen LogP) is 4.45. The Bertz CT molecular complexity index is 591. The molecule has 2 saturated heterocycles. The number of alkyl carbamates (subject to hydrolysis) is 1. The van der Waals surface area contributed by atoms with E-state index >= 15 is 0 Å². The van der Waals surface area contributed by atoms with E-state index in [0.29, 0.717) is 31.2 Å². The fourth-order valence-electron chi connectivity index (χ4n) is 5.06. The number of rotatable bonds is 10.